The molecule has 2 aromatic rings. The van der Waals surface area contributed by atoms with E-state index in [1.165, 1.54) is 12.1 Å². The summed E-state index contributed by atoms with van der Waals surface area (Å²) in [6, 6.07) is 8.17. The Morgan fingerprint density at radius 1 is 1.17 bits per heavy atom. The molecule has 1 aliphatic rings. The molecule has 1 aromatic carbocycles. The molecule has 1 aliphatic heterocycles. The van der Waals surface area contributed by atoms with Crippen LogP contribution in [-0.2, 0) is 11.2 Å². The average molecular weight is 331 g/mol. The maximum Gasteiger partial charge on any atom is 0.135 e. The highest BCUT2D eigenvalue weighted by Crippen LogP contribution is 2.30. The second-order valence-electron chi connectivity index (χ2n) is 6.29. The lowest BCUT2D eigenvalue weighted by Gasteiger charge is -2.35. The van der Waals surface area contributed by atoms with Gasteiger partial charge in [0.05, 0.1) is 6.61 Å². The van der Waals surface area contributed by atoms with E-state index in [4.69, 9.17) is 4.74 Å². The fourth-order valence-corrected chi connectivity index (χ4v) is 2.84. The quantitative estimate of drug-likeness (QED) is 0.851. The molecule has 0 amide bonds. The maximum atomic E-state index is 13.0. The van der Waals surface area contributed by atoms with Gasteiger partial charge in [-0.05, 0) is 36.6 Å². The van der Waals surface area contributed by atoms with Crippen molar-refractivity contribution in [2.24, 2.45) is 5.41 Å². The smallest absolute Gasteiger partial charge is 0.135 e. The van der Waals surface area contributed by atoms with Crippen molar-refractivity contribution in [3.05, 3.63) is 53.7 Å². The summed E-state index contributed by atoms with van der Waals surface area (Å²) in [6.45, 7) is 2.15. The Hall–Kier alpha value is -2.05. The fourth-order valence-electron chi connectivity index (χ4n) is 2.84. The van der Waals surface area contributed by atoms with Crippen LogP contribution >= 0.6 is 0 Å². The number of anilines is 1. The second kappa shape index (κ2) is 7.68. The van der Waals surface area contributed by atoms with E-state index in [1.54, 1.807) is 18.3 Å². The zero-order valence-electron chi connectivity index (χ0n) is 13.5. The highest BCUT2D eigenvalue weighted by atomic mass is 19.1. The Labute approximate surface area is 140 Å². The molecule has 3 rings (SSSR count). The van der Waals surface area contributed by atoms with Crippen molar-refractivity contribution in [1.82, 2.24) is 9.97 Å². The van der Waals surface area contributed by atoms with Gasteiger partial charge in [0.25, 0.3) is 0 Å². The van der Waals surface area contributed by atoms with Crippen molar-refractivity contribution in [3.8, 4) is 0 Å². The van der Waals surface area contributed by atoms with Crippen LogP contribution in [0.5, 0.6) is 0 Å². The summed E-state index contributed by atoms with van der Waals surface area (Å²) >= 11 is 0. The summed E-state index contributed by atoms with van der Waals surface area (Å²) in [5, 5.41) is 13.0. The van der Waals surface area contributed by atoms with E-state index in [9.17, 15) is 9.50 Å². The summed E-state index contributed by atoms with van der Waals surface area (Å²) in [5.41, 5.74) is 0.810. The van der Waals surface area contributed by atoms with Crippen LogP contribution in [0.25, 0.3) is 0 Å². The highest BCUT2D eigenvalue weighted by molar-refractivity contribution is 5.34. The molecule has 1 fully saturated rings. The molecule has 2 N–H and O–H groups in total. The van der Waals surface area contributed by atoms with Gasteiger partial charge < -0.3 is 15.2 Å². The number of aliphatic hydroxyl groups is 1. The van der Waals surface area contributed by atoms with Gasteiger partial charge in [0.1, 0.15) is 17.5 Å². The van der Waals surface area contributed by atoms with Gasteiger partial charge >= 0.3 is 0 Å². The molecule has 0 radical (unpaired) electrons. The number of nitrogens with one attached hydrogen (secondary N) is 1. The Bertz CT molecular complexity index is 658. The van der Waals surface area contributed by atoms with Gasteiger partial charge in [-0.2, -0.15) is 0 Å². The summed E-state index contributed by atoms with van der Waals surface area (Å²) in [5.74, 6) is 1.17. The van der Waals surface area contributed by atoms with Crippen molar-refractivity contribution in [2.45, 2.75) is 19.3 Å². The minimum Gasteiger partial charge on any atom is -0.396 e. The Morgan fingerprint density at radius 3 is 2.62 bits per heavy atom. The molecule has 0 spiro atoms. The minimum absolute atomic E-state index is 0.136. The summed E-state index contributed by atoms with van der Waals surface area (Å²) in [6.07, 6.45) is 3.94. The first-order valence-electron chi connectivity index (χ1n) is 8.18. The predicted molar refractivity (Wildman–Crippen MR) is 89.3 cm³/mol. The minimum atomic E-state index is -0.249. The third-order valence-electron chi connectivity index (χ3n) is 4.51. The normalized spacial score (nSPS) is 16.8. The van der Waals surface area contributed by atoms with Crippen LogP contribution in [-0.4, -0.2) is 41.4 Å². The third-order valence-corrected chi connectivity index (χ3v) is 4.51. The lowest BCUT2D eigenvalue weighted by molar-refractivity contribution is -0.00862. The van der Waals surface area contributed by atoms with E-state index >= 15 is 0 Å². The topological polar surface area (TPSA) is 67.3 Å². The lowest BCUT2D eigenvalue weighted by Crippen LogP contribution is -2.39. The van der Waals surface area contributed by atoms with Crippen LogP contribution in [0.2, 0.25) is 0 Å². The lowest BCUT2D eigenvalue weighted by atomic mass is 9.81. The summed E-state index contributed by atoms with van der Waals surface area (Å²) < 4.78 is 18.3. The molecule has 2 heterocycles. The number of rotatable bonds is 6. The first kappa shape index (κ1) is 16.8. The molecule has 0 bridgehead atoms. The number of halogens is 1. The highest BCUT2D eigenvalue weighted by Gasteiger charge is 2.31. The number of hydrogen-bond acceptors (Lipinski definition) is 5. The average Bonchev–Trinajstić information content (AvgIpc) is 2.63. The Kier molecular flexibility index (Phi) is 5.37. The molecule has 5 nitrogen and oxygen atoms in total. The number of aromatic nitrogens is 2. The van der Waals surface area contributed by atoms with Crippen LogP contribution in [0, 0.1) is 11.2 Å². The molecular formula is C18H22FN3O2. The van der Waals surface area contributed by atoms with Crippen LogP contribution in [0.15, 0.2) is 36.5 Å². The predicted octanol–water partition coefficient (Wildman–Crippen LogP) is 2.41. The zero-order valence-corrected chi connectivity index (χ0v) is 13.5. The Morgan fingerprint density at radius 2 is 1.92 bits per heavy atom. The Balaban J connectivity index is 1.63. The van der Waals surface area contributed by atoms with Crippen LogP contribution < -0.4 is 5.32 Å². The largest absolute Gasteiger partial charge is 0.396 e. The van der Waals surface area contributed by atoms with E-state index in [2.05, 4.69) is 15.3 Å². The summed E-state index contributed by atoms with van der Waals surface area (Å²) in [4.78, 5) is 8.79. The van der Waals surface area contributed by atoms with Crippen molar-refractivity contribution in [2.75, 3.05) is 31.7 Å². The zero-order chi connectivity index (χ0) is 16.8. The van der Waals surface area contributed by atoms with Crippen molar-refractivity contribution in [3.63, 3.8) is 0 Å². The third kappa shape index (κ3) is 4.27. The molecule has 1 aromatic heterocycles. The molecule has 128 valence electrons. The molecule has 24 heavy (non-hydrogen) atoms. The molecule has 0 saturated carbocycles. The standard InChI is InChI=1S/C18H22FN3O2/c19-15-3-1-14(2-4-15)11-17-20-8-5-16(22-17)21-12-18(13-23)6-9-24-10-7-18/h1-5,8,23H,6-7,9-13H2,(H,20,21,22). The van der Waals surface area contributed by atoms with Gasteiger partial charge in [-0.25, -0.2) is 14.4 Å². The van der Waals surface area contributed by atoms with E-state index < -0.39 is 0 Å². The number of nitrogens with zero attached hydrogens (tertiary/aromatic N) is 2. The first-order valence-corrected chi connectivity index (χ1v) is 8.18. The van der Waals surface area contributed by atoms with Crippen LogP contribution in [0.4, 0.5) is 10.2 Å². The van der Waals surface area contributed by atoms with E-state index in [-0.39, 0.29) is 17.8 Å². The van der Waals surface area contributed by atoms with Crippen molar-refractivity contribution in [1.29, 1.82) is 0 Å². The van der Waals surface area contributed by atoms with Gasteiger partial charge in [-0.15, -0.1) is 0 Å². The molecule has 0 unspecified atom stereocenters. The molecule has 0 atom stereocenters. The number of aliphatic hydroxyl groups excluding tert-OH is 1. The first-order chi connectivity index (χ1) is 11.7. The number of ether oxygens (including phenoxy) is 1. The van der Waals surface area contributed by atoms with E-state index in [1.807, 2.05) is 6.07 Å². The van der Waals surface area contributed by atoms with Gasteiger partial charge in [0.15, 0.2) is 0 Å². The monoisotopic (exact) mass is 331 g/mol. The molecule has 1 saturated heterocycles. The van der Waals surface area contributed by atoms with Crippen LogP contribution in [0.1, 0.15) is 24.2 Å². The van der Waals surface area contributed by atoms with Gasteiger partial charge in [-0.3, -0.25) is 0 Å². The second-order valence-corrected chi connectivity index (χ2v) is 6.29. The number of hydrogen-bond donors (Lipinski definition) is 2. The van der Waals surface area contributed by atoms with Gasteiger partial charge in [0.2, 0.25) is 0 Å². The SMILES string of the molecule is OCC1(CNc2ccnc(Cc3ccc(F)cc3)n2)CCOCC1. The fraction of sp³-hybridized carbons (Fsp3) is 0.444. The van der Waals surface area contributed by atoms with Gasteiger partial charge in [-0.1, -0.05) is 12.1 Å². The van der Waals surface area contributed by atoms with Crippen molar-refractivity contribution < 1.29 is 14.2 Å². The molecule has 0 aliphatic carbocycles. The van der Waals surface area contributed by atoms with E-state index in [0.717, 1.165) is 24.2 Å². The van der Waals surface area contributed by atoms with Crippen LogP contribution in [0.3, 0.4) is 0 Å². The molecule has 6 heteroatoms. The molecular weight excluding hydrogens is 309 g/mol. The number of benzene rings is 1. The van der Waals surface area contributed by atoms with Crippen molar-refractivity contribution >= 4 is 5.82 Å². The maximum absolute atomic E-state index is 13.0. The van der Waals surface area contributed by atoms with E-state index in [0.29, 0.717) is 32.0 Å². The summed E-state index contributed by atoms with van der Waals surface area (Å²) in [7, 11) is 0. The van der Waals surface area contributed by atoms with Gasteiger partial charge in [0, 0.05) is 37.8 Å².